The van der Waals surface area contributed by atoms with E-state index in [1.807, 2.05) is 0 Å². The van der Waals surface area contributed by atoms with Crippen LogP contribution in [0.3, 0.4) is 0 Å². The first-order chi connectivity index (χ1) is 13.8. The van der Waals surface area contributed by atoms with Crippen LogP contribution in [0.5, 0.6) is 28.7 Å². The Labute approximate surface area is 165 Å². The van der Waals surface area contributed by atoms with Crippen LogP contribution in [0.25, 0.3) is 0 Å². The summed E-state index contributed by atoms with van der Waals surface area (Å²) in [4.78, 5) is 24.7. The van der Waals surface area contributed by atoms with Crippen LogP contribution in [0.15, 0.2) is 6.07 Å². The Hall–Kier alpha value is -3.46. The third kappa shape index (κ3) is 2.58. The first kappa shape index (κ1) is 18.9. The largest absolute Gasteiger partial charge is 0.507 e. The number of ether oxygens (including phenoxy) is 5. The molecule has 152 valence electrons. The number of phenols is 2. The molecule has 2 N–H and O–H groups in total. The van der Waals surface area contributed by atoms with Crippen molar-refractivity contribution in [1.29, 1.82) is 0 Å². The number of carbonyl (C=O) groups is 2. The third-order valence-corrected chi connectivity index (χ3v) is 5.06. The molecule has 2 aromatic carbocycles. The van der Waals surface area contributed by atoms with Gasteiger partial charge in [-0.05, 0) is 25.5 Å². The van der Waals surface area contributed by atoms with Crippen molar-refractivity contribution in [2.75, 3.05) is 14.2 Å². The molecular weight excluding hydrogens is 384 g/mol. The average molecular weight is 402 g/mol. The fourth-order valence-corrected chi connectivity index (χ4v) is 3.55. The van der Waals surface area contributed by atoms with Gasteiger partial charge in [0.15, 0.2) is 17.2 Å². The molecular formula is C20H18O9. The molecule has 2 aliphatic heterocycles. The number of carbonyl (C=O) groups excluding carboxylic acids is 2. The quantitative estimate of drug-likeness (QED) is 0.730. The van der Waals surface area contributed by atoms with E-state index in [1.165, 1.54) is 21.1 Å². The fourth-order valence-electron chi connectivity index (χ4n) is 3.55. The van der Waals surface area contributed by atoms with Gasteiger partial charge in [0.25, 0.3) is 0 Å². The highest BCUT2D eigenvalue weighted by molar-refractivity contribution is 5.99. The topological polar surface area (TPSA) is 121 Å². The molecule has 9 nitrogen and oxygen atoms in total. The number of rotatable bonds is 2. The Kier molecular flexibility index (Phi) is 4.27. The van der Waals surface area contributed by atoms with Crippen molar-refractivity contribution in [2.45, 2.75) is 26.7 Å². The van der Waals surface area contributed by atoms with Crippen molar-refractivity contribution in [3.63, 3.8) is 0 Å². The first-order valence-electron chi connectivity index (χ1n) is 8.67. The van der Waals surface area contributed by atoms with Crippen LogP contribution in [0.2, 0.25) is 0 Å². The molecule has 2 heterocycles. The lowest BCUT2D eigenvalue weighted by atomic mass is 9.99. The van der Waals surface area contributed by atoms with E-state index in [-0.39, 0.29) is 40.4 Å². The lowest BCUT2D eigenvalue weighted by Gasteiger charge is -2.25. The SMILES string of the molecule is COC(=O)c1c(C)cc(OC)c2c1Oc1c(O)c(C)c(O)c3c1[C@@H](OC2)OC3=O. The maximum atomic E-state index is 12.5. The van der Waals surface area contributed by atoms with E-state index in [0.29, 0.717) is 16.9 Å². The minimum absolute atomic E-state index is 0.0257. The van der Waals surface area contributed by atoms with Crippen LogP contribution in [-0.2, 0) is 20.8 Å². The van der Waals surface area contributed by atoms with Gasteiger partial charge in [-0.1, -0.05) is 0 Å². The van der Waals surface area contributed by atoms with Crippen molar-refractivity contribution in [1.82, 2.24) is 0 Å². The lowest BCUT2D eigenvalue weighted by molar-refractivity contribution is -0.114. The van der Waals surface area contributed by atoms with Gasteiger partial charge in [0.2, 0.25) is 6.29 Å². The minimum Gasteiger partial charge on any atom is -0.507 e. The number of aromatic hydroxyl groups is 2. The number of benzene rings is 2. The number of aryl methyl sites for hydroxylation is 1. The highest BCUT2D eigenvalue weighted by atomic mass is 16.7. The number of hydrogen-bond donors (Lipinski definition) is 2. The van der Waals surface area contributed by atoms with Crippen molar-refractivity contribution in [3.8, 4) is 28.7 Å². The monoisotopic (exact) mass is 402 g/mol. The number of phenolic OH excluding ortho intramolecular Hbond substituents is 2. The third-order valence-electron chi connectivity index (χ3n) is 5.06. The highest BCUT2D eigenvalue weighted by Gasteiger charge is 2.43. The summed E-state index contributed by atoms with van der Waals surface area (Å²) < 4.78 is 27.2. The first-order valence-corrected chi connectivity index (χ1v) is 8.67. The number of esters is 2. The van der Waals surface area contributed by atoms with Crippen LogP contribution in [0, 0.1) is 13.8 Å². The van der Waals surface area contributed by atoms with Gasteiger partial charge < -0.3 is 33.9 Å². The molecule has 0 bridgehead atoms. The maximum Gasteiger partial charge on any atom is 0.345 e. The van der Waals surface area contributed by atoms with E-state index < -0.39 is 29.7 Å². The van der Waals surface area contributed by atoms with Gasteiger partial charge in [-0.15, -0.1) is 0 Å². The van der Waals surface area contributed by atoms with Crippen molar-refractivity contribution >= 4 is 11.9 Å². The summed E-state index contributed by atoms with van der Waals surface area (Å²) in [6.45, 7) is 2.97. The van der Waals surface area contributed by atoms with E-state index in [4.69, 9.17) is 23.7 Å². The van der Waals surface area contributed by atoms with Gasteiger partial charge in [0, 0.05) is 5.56 Å². The summed E-state index contributed by atoms with van der Waals surface area (Å²) in [6.07, 6.45) is -1.20. The Morgan fingerprint density at radius 2 is 1.90 bits per heavy atom. The molecule has 0 spiro atoms. The van der Waals surface area contributed by atoms with Crippen LogP contribution in [0.4, 0.5) is 0 Å². The molecule has 0 unspecified atom stereocenters. The fraction of sp³-hybridized carbons (Fsp3) is 0.300. The molecule has 0 aliphatic carbocycles. The second kappa shape index (κ2) is 6.56. The van der Waals surface area contributed by atoms with E-state index in [1.54, 1.807) is 13.0 Å². The van der Waals surface area contributed by atoms with Gasteiger partial charge >= 0.3 is 11.9 Å². The van der Waals surface area contributed by atoms with Gasteiger partial charge in [-0.25, -0.2) is 9.59 Å². The smallest absolute Gasteiger partial charge is 0.345 e. The summed E-state index contributed by atoms with van der Waals surface area (Å²) in [5, 5.41) is 21.0. The van der Waals surface area contributed by atoms with Crippen molar-refractivity contribution in [2.24, 2.45) is 0 Å². The molecule has 9 heteroatoms. The predicted octanol–water partition coefficient (Wildman–Crippen LogP) is 3.00. The standard InChI is InChI=1S/C20H18O9/c1-7-5-10(25-3)9-6-27-20-13-12(19(24)29-20)14(21)8(2)15(22)17(13)28-16(9)11(7)18(23)26-4/h5,20-22H,6H2,1-4H3/t20-/m0/s1. The van der Waals surface area contributed by atoms with Crippen LogP contribution in [-0.4, -0.2) is 36.4 Å². The summed E-state index contributed by atoms with van der Waals surface area (Å²) >= 11 is 0. The molecule has 2 aliphatic rings. The van der Waals surface area contributed by atoms with E-state index in [2.05, 4.69) is 0 Å². The lowest BCUT2D eigenvalue weighted by Crippen LogP contribution is -2.14. The van der Waals surface area contributed by atoms with E-state index in [9.17, 15) is 19.8 Å². The molecule has 2 aromatic rings. The minimum atomic E-state index is -1.20. The summed E-state index contributed by atoms with van der Waals surface area (Å²) in [5.41, 5.74) is 0.940. The molecule has 0 fully saturated rings. The van der Waals surface area contributed by atoms with Gasteiger partial charge in [-0.3, -0.25) is 0 Å². The predicted molar refractivity (Wildman–Crippen MR) is 96.6 cm³/mol. The maximum absolute atomic E-state index is 12.5. The molecule has 1 atom stereocenters. The number of methoxy groups -OCH3 is 2. The Balaban J connectivity index is 2.05. The van der Waals surface area contributed by atoms with E-state index >= 15 is 0 Å². The van der Waals surface area contributed by atoms with Gasteiger partial charge in [0.05, 0.1) is 32.0 Å². The Morgan fingerprint density at radius 3 is 2.55 bits per heavy atom. The van der Waals surface area contributed by atoms with Gasteiger partial charge in [-0.2, -0.15) is 0 Å². The number of fused-ring (bicyclic) bond motifs is 1. The zero-order chi connectivity index (χ0) is 21.0. The molecule has 4 rings (SSSR count). The Morgan fingerprint density at radius 1 is 1.17 bits per heavy atom. The normalized spacial score (nSPS) is 16.7. The second-order valence-electron chi connectivity index (χ2n) is 6.66. The molecule has 0 amide bonds. The summed E-state index contributed by atoms with van der Waals surface area (Å²) in [6, 6.07) is 1.63. The molecule has 0 aromatic heterocycles. The second-order valence-corrected chi connectivity index (χ2v) is 6.66. The molecule has 0 radical (unpaired) electrons. The van der Waals surface area contributed by atoms with Crippen molar-refractivity contribution in [3.05, 3.63) is 39.4 Å². The zero-order valence-corrected chi connectivity index (χ0v) is 16.1. The number of hydrogen-bond acceptors (Lipinski definition) is 9. The summed E-state index contributed by atoms with van der Waals surface area (Å²) in [5.74, 6) is -1.99. The van der Waals surface area contributed by atoms with E-state index in [0.717, 1.165) is 0 Å². The highest BCUT2D eigenvalue weighted by Crippen LogP contribution is 2.54. The Bertz CT molecular complexity index is 1070. The summed E-state index contributed by atoms with van der Waals surface area (Å²) in [7, 11) is 2.69. The molecule has 29 heavy (non-hydrogen) atoms. The zero-order valence-electron chi connectivity index (χ0n) is 16.1. The van der Waals surface area contributed by atoms with Crippen LogP contribution >= 0.6 is 0 Å². The van der Waals surface area contributed by atoms with Crippen LogP contribution < -0.4 is 9.47 Å². The van der Waals surface area contributed by atoms with Crippen molar-refractivity contribution < 1.29 is 43.5 Å². The van der Waals surface area contributed by atoms with Gasteiger partial charge in [0.1, 0.15) is 22.6 Å². The molecule has 0 saturated carbocycles. The molecule has 0 saturated heterocycles. The van der Waals surface area contributed by atoms with Crippen LogP contribution in [0.1, 0.15) is 49.3 Å². The average Bonchev–Trinajstić information content (AvgIpc) is 3.01.